The van der Waals surface area contributed by atoms with E-state index in [1.165, 1.54) is 12.4 Å². The zero-order valence-corrected chi connectivity index (χ0v) is 13.1. The summed E-state index contributed by atoms with van der Waals surface area (Å²) in [6.45, 7) is 3.62. The third kappa shape index (κ3) is 3.22. The number of aryl methyl sites for hydroxylation is 2. The van der Waals surface area contributed by atoms with E-state index in [9.17, 15) is 8.42 Å². The monoisotopic (exact) mass is 309 g/mol. The molecule has 0 fully saturated rings. The first kappa shape index (κ1) is 15.5. The highest BCUT2D eigenvalue weighted by atomic mass is 32.2. The molecule has 0 amide bonds. The average molecular weight is 309 g/mol. The Morgan fingerprint density at radius 1 is 1.43 bits per heavy atom. The van der Waals surface area contributed by atoms with Crippen LogP contribution in [0.1, 0.15) is 31.3 Å². The van der Waals surface area contributed by atoms with Gasteiger partial charge in [-0.2, -0.15) is 0 Å². The van der Waals surface area contributed by atoms with Gasteiger partial charge in [-0.15, -0.1) is 10.2 Å². The summed E-state index contributed by atoms with van der Waals surface area (Å²) in [4.78, 5) is 0.207. The molecule has 1 aromatic heterocycles. The Morgan fingerprint density at radius 2 is 2.14 bits per heavy atom. The number of nitrogen functional groups attached to an aromatic ring is 1. The molecule has 3 N–H and O–H groups in total. The molecule has 0 aliphatic carbocycles. The summed E-state index contributed by atoms with van der Waals surface area (Å²) >= 11 is 0. The van der Waals surface area contributed by atoms with Crippen LogP contribution in [0.25, 0.3) is 0 Å². The molecular formula is C13H19N5O2S. The molecule has 0 aliphatic rings. The van der Waals surface area contributed by atoms with Gasteiger partial charge in [-0.05, 0) is 31.0 Å². The summed E-state index contributed by atoms with van der Waals surface area (Å²) < 4.78 is 29.4. The van der Waals surface area contributed by atoms with E-state index in [1.807, 2.05) is 6.92 Å². The minimum Gasteiger partial charge on any atom is -0.399 e. The van der Waals surface area contributed by atoms with Crippen molar-refractivity contribution in [3.05, 3.63) is 35.9 Å². The highest BCUT2D eigenvalue weighted by Gasteiger charge is 2.23. The quantitative estimate of drug-likeness (QED) is 0.802. The summed E-state index contributed by atoms with van der Waals surface area (Å²) in [6.07, 6.45) is 2.13. The maximum atomic E-state index is 12.6. The Morgan fingerprint density at radius 3 is 2.71 bits per heavy atom. The predicted octanol–water partition coefficient (Wildman–Crippen LogP) is 0.999. The normalized spacial score (nSPS) is 13.3. The van der Waals surface area contributed by atoms with Crippen molar-refractivity contribution in [1.29, 1.82) is 0 Å². The number of sulfonamides is 1. The van der Waals surface area contributed by atoms with Crippen LogP contribution in [0.4, 0.5) is 5.69 Å². The van der Waals surface area contributed by atoms with Gasteiger partial charge in [0, 0.05) is 12.7 Å². The Labute approximate surface area is 124 Å². The van der Waals surface area contributed by atoms with E-state index < -0.39 is 16.1 Å². The van der Waals surface area contributed by atoms with Gasteiger partial charge in [-0.1, -0.05) is 13.0 Å². The number of anilines is 1. The molecule has 7 nitrogen and oxygen atoms in total. The molecular weight excluding hydrogens is 290 g/mol. The van der Waals surface area contributed by atoms with Crippen LogP contribution in [-0.4, -0.2) is 23.2 Å². The lowest BCUT2D eigenvalue weighted by molar-refractivity contribution is 0.552. The highest BCUT2D eigenvalue weighted by Crippen LogP contribution is 2.21. The van der Waals surface area contributed by atoms with Gasteiger partial charge >= 0.3 is 0 Å². The summed E-state index contributed by atoms with van der Waals surface area (Å²) in [7, 11) is -1.92. The van der Waals surface area contributed by atoms with Crippen LogP contribution in [0.15, 0.2) is 29.4 Å². The number of nitrogens with two attached hydrogens (primary N) is 1. The van der Waals surface area contributed by atoms with Gasteiger partial charge in [0.25, 0.3) is 0 Å². The van der Waals surface area contributed by atoms with E-state index in [2.05, 4.69) is 14.9 Å². The Balaban J connectivity index is 2.35. The number of rotatable bonds is 5. The number of nitrogens with one attached hydrogen (secondary N) is 1. The highest BCUT2D eigenvalue weighted by molar-refractivity contribution is 7.89. The molecule has 114 valence electrons. The van der Waals surface area contributed by atoms with Crippen molar-refractivity contribution in [3.63, 3.8) is 0 Å². The van der Waals surface area contributed by atoms with E-state index in [1.54, 1.807) is 30.7 Å². The molecule has 0 radical (unpaired) electrons. The van der Waals surface area contributed by atoms with Crippen LogP contribution < -0.4 is 10.5 Å². The summed E-state index contributed by atoms with van der Waals surface area (Å²) in [5.41, 5.74) is 6.85. The molecule has 2 aromatic rings. The molecule has 1 atom stereocenters. The van der Waals surface area contributed by atoms with Gasteiger partial charge < -0.3 is 10.3 Å². The van der Waals surface area contributed by atoms with Crippen molar-refractivity contribution < 1.29 is 8.42 Å². The summed E-state index contributed by atoms with van der Waals surface area (Å²) in [5.74, 6) is 0.542. The zero-order valence-electron chi connectivity index (χ0n) is 12.2. The second-order valence-corrected chi connectivity index (χ2v) is 6.55. The zero-order chi connectivity index (χ0) is 15.6. The van der Waals surface area contributed by atoms with E-state index in [4.69, 9.17) is 5.73 Å². The number of hydrogen-bond donors (Lipinski definition) is 2. The van der Waals surface area contributed by atoms with Crippen molar-refractivity contribution in [3.8, 4) is 0 Å². The minimum atomic E-state index is -3.68. The third-order valence-corrected chi connectivity index (χ3v) is 4.85. The number of nitrogens with zero attached hydrogens (tertiary/aromatic N) is 3. The molecule has 0 saturated heterocycles. The summed E-state index contributed by atoms with van der Waals surface area (Å²) in [6, 6.07) is 4.42. The van der Waals surface area contributed by atoms with E-state index in [0.717, 1.165) is 5.56 Å². The van der Waals surface area contributed by atoms with Crippen LogP contribution in [0.2, 0.25) is 0 Å². The van der Waals surface area contributed by atoms with Gasteiger partial charge in [0.1, 0.15) is 12.2 Å². The van der Waals surface area contributed by atoms with Crippen LogP contribution in [0, 0.1) is 0 Å². The number of hydrogen-bond acceptors (Lipinski definition) is 5. The van der Waals surface area contributed by atoms with Gasteiger partial charge in [-0.3, -0.25) is 0 Å². The standard InChI is InChI=1S/C13H19N5O2S/c1-4-10-5-6-11(14)7-12(10)21(19,20)17-9(2)13-16-15-8-18(13)3/h5-9,17H,4,14H2,1-3H3. The largest absolute Gasteiger partial charge is 0.399 e. The topological polar surface area (TPSA) is 103 Å². The fourth-order valence-electron chi connectivity index (χ4n) is 2.15. The van der Waals surface area contributed by atoms with Crippen LogP contribution in [0.5, 0.6) is 0 Å². The van der Waals surface area contributed by atoms with E-state index >= 15 is 0 Å². The molecule has 0 bridgehead atoms. The van der Waals surface area contributed by atoms with Crippen molar-refractivity contribution in [2.45, 2.75) is 31.2 Å². The van der Waals surface area contributed by atoms with Gasteiger partial charge in [0.15, 0.2) is 0 Å². The Kier molecular flexibility index (Phi) is 4.29. The van der Waals surface area contributed by atoms with Crippen molar-refractivity contribution in [2.75, 3.05) is 5.73 Å². The van der Waals surface area contributed by atoms with E-state index in [-0.39, 0.29) is 4.90 Å². The third-order valence-electron chi connectivity index (χ3n) is 3.23. The molecule has 0 aliphatic heterocycles. The minimum absolute atomic E-state index is 0.207. The molecule has 0 spiro atoms. The van der Waals surface area contributed by atoms with Crippen LogP contribution >= 0.6 is 0 Å². The molecule has 21 heavy (non-hydrogen) atoms. The Hall–Kier alpha value is -1.93. The summed E-state index contributed by atoms with van der Waals surface area (Å²) in [5, 5.41) is 7.67. The molecule has 8 heteroatoms. The van der Waals surface area contributed by atoms with Crippen molar-refractivity contribution in [1.82, 2.24) is 19.5 Å². The lowest BCUT2D eigenvalue weighted by Gasteiger charge is -2.15. The maximum absolute atomic E-state index is 12.6. The second kappa shape index (κ2) is 5.82. The van der Waals surface area contributed by atoms with Crippen molar-refractivity contribution >= 4 is 15.7 Å². The SMILES string of the molecule is CCc1ccc(N)cc1S(=O)(=O)NC(C)c1nncn1C. The molecule has 1 unspecified atom stereocenters. The predicted molar refractivity (Wildman–Crippen MR) is 80.0 cm³/mol. The molecule has 1 aromatic carbocycles. The van der Waals surface area contributed by atoms with Crippen molar-refractivity contribution in [2.24, 2.45) is 7.05 Å². The molecule has 2 rings (SSSR count). The van der Waals surface area contributed by atoms with Gasteiger partial charge in [0.2, 0.25) is 10.0 Å². The van der Waals surface area contributed by atoms with Crippen LogP contribution in [0.3, 0.4) is 0 Å². The number of benzene rings is 1. The average Bonchev–Trinajstić information content (AvgIpc) is 2.84. The first-order chi connectivity index (χ1) is 9.85. The first-order valence-corrected chi connectivity index (χ1v) is 8.08. The molecule has 1 heterocycles. The Bertz CT molecular complexity index is 739. The van der Waals surface area contributed by atoms with Gasteiger partial charge in [-0.25, -0.2) is 13.1 Å². The fourth-order valence-corrected chi connectivity index (χ4v) is 3.69. The van der Waals surface area contributed by atoms with Crippen LogP contribution in [-0.2, 0) is 23.5 Å². The lowest BCUT2D eigenvalue weighted by atomic mass is 10.1. The number of aromatic nitrogens is 3. The smallest absolute Gasteiger partial charge is 0.241 e. The lowest BCUT2D eigenvalue weighted by Crippen LogP contribution is -2.29. The fraction of sp³-hybridized carbons (Fsp3) is 0.385. The second-order valence-electron chi connectivity index (χ2n) is 4.86. The van der Waals surface area contributed by atoms with E-state index in [0.29, 0.717) is 17.9 Å². The maximum Gasteiger partial charge on any atom is 0.241 e. The first-order valence-electron chi connectivity index (χ1n) is 6.59. The van der Waals surface area contributed by atoms with Gasteiger partial charge in [0.05, 0.1) is 10.9 Å². The molecule has 0 saturated carbocycles.